The summed E-state index contributed by atoms with van der Waals surface area (Å²) in [7, 11) is -1.94. The molecule has 0 radical (unpaired) electrons. The van der Waals surface area contributed by atoms with Crippen LogP contribution in [0.4, 0.5) is 5.82 Å². The van der Waals surface area contributed by atoms with Gasteiger partial charge in [0.15, 0.2) is 10.8 Å². The average Bonchev–Trinajstić information content (AvgIpc) is 2.68. The Balaban J connectivity index is 2.31. The Kier molecular flexibility index (Phi) is 6.48. The first-order valence-electron chi connectivity index (χ1n) is 7.11. The molecule has 1 heterocycles. The van der Waals surface area contributed by atoms with Gasteiger partial charge < -0.3 is 10.3 Å². The van der Waals surface area contributed by atoms with Crippen LogP contribution < -0.4 is 10.5 Å². The number of nitrogens with two attached hydrogens (primary N) is 1. The molecule has 1 aromatic heterocycles. The van der Waals surface area contributed by atoms with E-state index in [9.17, 15) is 8.42 Å². The average molecular weight is 302 g/mol. The lowest BCUT2D eigenvalue weighted by Crippen LogP contribution is -2.27. The fraction of sp³-hybridized carbons (Fsp3) is 0.769. The molecular weight excluding hydrogens is 276 g/mol. The molecular formula is C13H26N4O2S. The van der Waals surface area contributed by atoms with Gasteiger partial charge in [0, 0.05) is 13.6 Å². The van der Waals surface area contributed by atoms with E-state index < -0.39 is 10.0 Å². The highest BCUT2D eigenvalue weighted by Gasteiger charge is 2.21. The van der Waals surface area contributed by atoms with Gasteiger partial charge in [-0.2, -0.15) is 0 Å². The van der Waals surface area contributed by atoms with Crippen molar-refractivity contribution < 1.29 is 8.42 Å². The smallest absolute Gasteiger partial charge is 0.260 e. The summed E-state index contributed by atoms with van der Waals surface area (Å²) in [6, 6.07) is 0. The summed E-state index contributed by atoms with van der Waals surface area (Å²) in [5.41, 5.74) is 5.57. The molecule has 0 bridgehead atoms. The van der Waals surface area contributed by atoms with E-state index in [-0.39, 0.29) is 10.8 Å². The molecule has 0 aliphatic heterocycles. The molecule has 0 aromatic carbocycles. The summed E-state index contributed by atoms with van der Waals surface area (Å²) in [6.07, 6.45) is 6.87. The van der Waals surface area contributed by atoms with Crippen molar-refractivity contribution in [3.05, 3.63) is 6.33 Å². The van der Waals surface area contributed by atoms with Crippen molar-refractivity contribution >= 4 is 15.8 Å². The quantitative estimate of drug-likeness (QED) is 0.682. The molecule has 0 spiro atoms. The number of hydrogen-bond donors (Lipinski definition) is 2. The molecule has 6 nitrogen and oxygen atoms in total. The third-order valence-corrected chi connectivity index (χ3v) is 4.75. The zero-order valence-corrected chi connectivity index (χ0v) is 13.4. The van der Waals surface area contributed by atoms with Crippen LogP contribution in [-0.2, 0) is 17.1 Å². The predicted molar refractivity (Wildman–Crippen MR) is 80.7 cm³/mol. The van der Waals surface area contributed by atoms with Gasteiger partial charge in [0.25, 0.3) is 10.0 Å². The molecule has 0 aliphatic carbocycles. The van der Waals surface area contributed by atoms with Crippen LogP contribution in [0.3, 0.4) is 0 Å². The number of nitrogen functional groups attached to an aromatic ring is 1. The van der Waals surface area contributed by atoms with E-state index in [0.717, 1.165) is 25.2 Å². The maximum Gasteiger partial charge on any atom is 0.260 e. The van der Waals surface area contributed by atoms with Crippen molar-refractivity contribution in [2.24, 2.45) is 13.0 Å². The number of imidazole rings is 1. The second-order valence-corrected chi connectivity index (χ2v) is 7.22. The zero-order chi connectivity index (χ0) is 15.2. The van der Waals surface area contributed by atoms with E-state index in [0.29, 0.717) is 6.54 Å². The van der Waals surface area contributed by atoms with Gasteiger partial charge in [0.05, 0.1) is 6.33 Å². The van der Waals surface area contributed by atoms with Gasteiger partial charge in [-0.25, -0.2) is 18.1 Å². The summed E-state index contributed by atoms with van der Waals surface area (Å²) in [5.74, 6) is 0.776. The normalized spacial score (nSPS) is 12.2. The summed E-state index contributed by atoms with van der Waals surface area (Å²) in [4.78, 5) is 3.79. The molecule has 0 amide bonds. The van der Waals surface area contributed by atoms with Crippen molar-refractivity contribution in [2.75, 3.05) is 12.3 Å². The van der Waals surface area contributed by atoms with Crippen LogP contribution in [-0.4, -0.2) is 24.5 Å². The molecule has 0 unspecified atom stereocenters. The Labute approximate surface area is 121 Å². The van der Waals surface area contributed by atoms with Gasteiger partial charge in [-0.15, -0.1) is 0 Å². The number of hydrogen-bond acceptors (Lipinski definition) is 4. The topological polar surface area (TPSA) is 90.0 Å². The lowest BCUT2D eigenvalue weighted by Gasteiger charge is -2.08. The van der Waals surface area contributed by atoms with Gasteiger partial charge in [-0.3, -0.25) is 0 Å². The van der Waals surface area contributed by atoms with Crippen LogP contribution in [0, 0.1) is 5.92 Å². The molecule has 20 heavy (non-hydrogen) atoms. The van der Waals surface area contributed by atoms with Crippen LogP contribution >= 0.6 is 0 Å². The van der Waals surface area contributed by atoms with Crippen molar-refractivity contribution in [2.45, 2.75) is 51.0 Å². The van der Waals surface area contributed by atoms with Crippen LogP contribution in [0.1, 0.15) is 46.0 Å². The Morgan fingerprint density at radius 3 is 2.50 bits per heavy atom. The SMILES string of the molecule is CC(C)CCCCCCNS(=O)(=O)c1c(N)ncn1C. The van der Waals surface area contributed by atoms with Gasteiger partial charge in [0.1, 0.15) is 0 Å². The van der Waals surface area contributed by atoms with Crippen molar-refractivity contribution in [3.8, 4) is 0 Å². The van der Waals surface area contributed by atoms with Crippen LogP contribution in [0.25, 0.3) is 0 Å². The van der Waals surface area contributed by atoms with Crippen LogP contribution in [0.2, 0.25) is 0 Å². The largest absolute Gasteiger partial charge is 0.381 e. The van der Waals surface area contributed by atoms with E-state index >= 15 is 0 Å². The van der Waals surface area contributed by atoms with E-state index in [2.05, 4.69) is 23.6 Å². The zero-order valence-electron chi connectivity index (χ0n) is 12.6. The predicted octanol–water partition coefficient (Wildman–Crippen LogP) is 1.89. The number of aromatic nitrogens is 2. The first kappa shape index (κ1) is 17.0. The third kappa shape index (κ3) is 5.13. The molecule has 1 rings (SSSR count). The van der Waals surface area contributed by atoms with Crippen molar-refractivity contribution in [1.82, 2.24) is 14.3 Å². The number of anilines is 1. The first-order valence-corrected chi connectivity index (χ1v) is 8.59. The molecule has 0 atom stereocenters. The van der Waals surface area contributed by atoms with E-state index in [1.807, 2.05) is 0 Å². The molecule has 0 saturated carbocycles. The third-order valence-electron chi connectivity index (χ3n) is 3.16. The fourth-order valence-electron chi connectivity index (χ4n) is 2.07. The second kappa shape index (κ2) is 7.64. The molecule has 0 fully saturated rings. The molecule has 116 valence electrons. The lowest BCUT2D eigenvalue weighted by molar-refractivity contribution is 0.517. The minimum Gasteiger partial charge on any atom is -0.381 e. The Bertz CT molecular complexity index is 489. The Morgan fingerprint density at radius 1 is 1.30 bits per heavy atom. The summed E-state index contributed by atoms with van der Waals surface area (Å²) in [5, 5.41) is 0.0392. The number of nitrogens with one attached hydrogen (secondary N) is 1. The maximum absolute atomic E-state index is 12.1. The summed E-state index contributed by atoms with van der Waals surface area (Å²) >= 11 is 0. The van der Waals surface area contributed by atoms with Crippen LogP contribution in [0.5, 0.6) is 0 Å². The minimum absolute atomic E-state index is 0.0388. The maximum atomic E-state index is 12.1. The number of nitrogens with zero attached hydrogens (tertiary/aromatic N) is 2. The highest BCUT2D eigenvalue weighted by molar-refractivity contribution is 7.89. The molecule has 0 saturated heterocycles. The van der Waals surface area contributed by atoms with Crippen molar-refractivity contribution in [3.63, 3.8) is 0 Å². The fourth-order valence-corrected chi connectivity index (χ4v) is 3.37. The number of aryl methyl sites for hydroxylation is 1. The highest BCUT2D eigenvalue weighted by atomic mass is 32.2. The summed E-state index contributed by atoms with van der Waals surface area (Å²) in [6.45, 7) is 4.87. The highest BCUT2D eigenvalue weighted by Crippen LogP contribution is 2.15. The minimum atomic E-state index is -3.56. The summed E-state index contributed by atoms with van der Waals surface area (Å²) < 4.78 is 28.1. The first-order chi connectivity index (χ1) is 9.34. The molecule has 7 heteroatoms. The van der Waals surface area contributed by atoms with Crippen molar-refractivity contribution in [1.29, 1.82) is 0 Å². The van der Waals surface area contributed by atoms with Gasteiger partial charge in [-0.1, -0.05) is 39.5 Å². The standard InChI is InChI=1S/C13H26N4O2S/c1-11(2)8-6-4-5-7-9-16-20(18,19)13-12(14)15-10-17(13)3/h10-11,16H,4-9,14H2,1-3H3. The van der Waals surface area contributed by atoms with E-state index in [1.165, 1.54) is 23.7 Å². The Hall–Kier alpha value is -1.08. The number of rotatable bonds is 9. The van der Waals surface area contributed by atoms with Gasteiger partial charge in [-0.05, 0) is 12.3 Å². The van der Waals surface area contributed by atoms with Crippen LogP contribution in [0.15, 0.2) is 11.4 Å². The Morgan fingerprint density at radius 2 is 1.95 bits per heavy atom. The van der Waals surface area contributed by atoms with Gasteiger partial charge in [0.2, 0.25) is 0 Å². The number of sulfonamides is 1. The van der Waals surface area contributed by atoms with E-state index in [1.54, 1.807) is 7.05 Å². The lowest BCUT2D eigenvalue weighted by atomic mass is 10.0. The molecule has 1 aromatic rings. The van der Waals surface area contributed by atoms with E-state index in [4.69, 9.17) is 5.73 Å². The monoisotopic (exact) mass is 302 g/mol. The number of unbranched alkanes of at least 4 members (excludes halogenated alkanes) is 3. The molecule has 3 N–H and O–H groups in total. The second-order valence-electron chi connectivity index (χ2n) is 5.54. The molecule has 0 aliphatic rings. The van der Waals surface area contributed by atoms with Gasteiger partial charge >= 0.3 is 0 Å².